The molecule has 14 aromatic rings. The smallest absolute Gasteiger partial charge is 0.309 e. The minimum absolute atomic E-state index is 0.0479. The van der Waals surface area contributed by atoms with Crippen LogP contribution in [0.25, 0.3) is 66.9 Å². The van der Waals surface area contributed by atoms with Crippen LogP contribution in [0, 0.1) is 54.3 Å². The van der Waals surface area contributed by atoms with Crippen molar-refractivity contribution < 1.29 is 42.7 Å². The first-order valence-corrected chi connectivity index (χ1v) is 38.0. The van der Waals surface area contributed by atoms with E-state index in [4.69, 9.17) is 52.8 Å². The number of methoxy groups -OCH3 is 7. The van der Waals surface area contributed by atoms with Gasteiger partial charge in [-0.25, -0.2) is 29.9 Å². The Morgan fingerprint density at radius 1 is 0.415 bits per heavy atom. The van der Waals surface area contributed by atoms with E-state index >= 15 is 0 Å². The molecule has 1 aliphatic rings. The maximum absolute atomic E-state index is 12.5. The molecule has 0 aliphatic heterocycles. The minimum atomic E-state index is -0.464. The van der Waals surface area contributed by atoms with E-state index in [1.54, 1.807) is 120 Å². The van der Waals surface area contributed by atoms with Crippen LogP contribution in [0.2, 0.25) is 0 Å². The standard InChI is InChI=1S/C34H39N5O4.C29H26N6O2.C28H25N7O3/c1-34(2,3)43-33(40)24-11-9-23(10-12-24)8-7-15-39(27-16-28(41-5)19-29(17-27)42-6)26-13-14-30-31(18-26)37-32(21-35-30)25-20-36-38(4)22-25;1-20-9-10-30-22(12-20)6-5-11-35(24-13-25(36-3)16-26(14-24)37-4)23-7-8-27-28(15-23)33-29(18-31-27)21-17-32-34(2)19-21;1-34-18-19(16-32-34)27-17-31-24-8-7-20(14-26(24)33-27)35(21-12-22(36-2)15-23(13-21)37-3)11-5-6-25-28(38-4)30-10-9-29-25/h13-14,16-24H,9-12,15H2,1-6H3;7-10,12-19H,11H2,1-4H3;7-10,12-18H,11H2,1-4H3. The third-order valence-electron chi connectivity index (χ3n) is 19.1. The van der Waals surface area contributed by atoms with Crippen molar-refractivity contribution in [3.63, 3.8) is 0 Å². The minimum Gasteiger partial charge on any atom is -0.497 e. The Morgan fingerprint density at radius 3 is 1.17 bits per heavy atom. The quantitative estimate of drug-likeness (QED) is 0.0506. The third-order valence-corrected chi connectivity index (χ3v) is 19.1. The highest BCUT2D eigenvalue weighted by Crippen LogP contribution is 2.39. The van der Waals surface area contributed by atoms with Gasteiger partial charge in [-0.05, 0) is 138 Å². The van der Waals surface area contributed by atoms with Crippen molar-refractivity contribution in [3.05, 3.63) is 213 Å². The van der Waals surface area contributed by atoms with E-state index in [0.717, 1.165) is 138 Å². The predicted molar refractivity (Wildman–Crippen MR) is 455 cm³/mol. The molecule has 0 spiro atoms. The number of hydrogen-bond acceptors (Lipinski definition) is 24. The molecule has 1 fully saturated rings. The molecule has 1 aliphatic carbocycles. The summed E-state index contributed by atoms with van der Waals surface area (Å²) in [6.45, 7) is 8.94. The maximum atomic E-state index is 12.5. The van der Waals surface area contributed by atoms with Crippen molar-refractivity contribution in [1.29, 1.82) is 0 Å². The molecule has 27 nitrogen and oxygen atoms in total. The predicted octanol–water partition coefficient (Wildman–Crippen LogP) is 15.3. The lowest BCUT2D eigenvalue weighted by Gasteiger charge is -2.28. The van der Waals surface area contributed by atoms with Gasteiger partial charge in [-0.3, -0.25) is 33.8 Å². The summed E-state index contributed by atoms with van der Waals surface area (Å²) in [4.78, 5) is 60.1. The molecular weight excluding hydrogens is 1490 g/mol. The summed E-state index contributed by atoms with van der Waals surface area (Å²) in [5.74, 6) is 24.2. The van der Waals surface area contributed by atoms with Crippen molar-refractivity contribution in [2.75, 3.05) is 84.1 Å². The molecule has 6 aromatic carbocycles. The van der Waals surface area contributed by atoms with Gasteiger partial charge in [0.15, 0.2) is 5.69 Å². The molecule has 118 heavy (non-hydrogen) atoms. The summed E-state index contributed by atoms with van der Waals surface area (Å²) in [7, 11) is 17.0. The number of fused-ring (bicyclic) bond motifs is 3. The fourth-order valence-electron chi connectivity index (χ4n) is 13.1. The zero-order valence-corrected chi connectivity index (χ0v) is 68.3. The van der Waals surface area contributed by atoms with Crippen molar-refractivity contribution in [2.45, 2.75) is 59.0 Å². The molecule has 0 unspecified atom stereocenters. The number of aromatic nitrogens is 15. The van der Waals surface area contributed by atoms with Gasteiger partial charge in [-0.2, -0.15) is 15.3 Å². The Kier molecular flexibility index (Phi) is 25.9. The van der Waals surface area contributed by atoms with Gasteiger partial charge in [0.2, 0.25) is 5.88 Å². The van der Waals surface area contributed by atoms with Gasteiger partial charge in [0.25, 0.3) is 0 Å². The van der Waals surface area contributed by atoms with E-state index in [1.165, 1.54) is 0 Å². The largest absolute Gasteiger partial charge is 0.497 e. The molecule has 0 amide bonds. The second-order valence-electron chi connectivity index (χ2n) is 28.6. The summed E-state index contributed by atoms with van der Waals surface area (Å²) in [5.41, 5.74) is 16.8. The highest BCUT2D eigenvalue weighted by molar-refractivity contribution is 5.86. The average molecular weight is 1580 g/mol. The number of carbonyl (C=O) groups is 1. The highest BCUT2D eigenvalue weighted by atomic mass is 16.6. The lowest BCUT2D eigenvalue weighted by molar-refractivity contribution is -0.161. The van der Waals surface area contributed by atoms with Gasteiger partial charge in [-0.15, -0.1) is 0 Å². The van der Waals surface area contributed by atoms with E-state index < -0.39 is 5.60 Å². The van der Waals surface area contributed by atoms with Crippen LogP contribution in [0.3, 0.4) is 0 Å². The van der Waals surface area contributed by atoms with Crippen molar-refractivity contribution in [1.82, 2.24) is 74.2 Å². The molecule has 27 heteroatoms. The number of rotatable bonds is 20. The number of carbonyl (C=O) groups excluding carboxylic acids is 1. The zero-order chi connectivity index (χ0) is 82.8. The number of hydrogen-bond donors (Lipinski definition) is 0. The van der Waals surface area contributed by atoms with Crippen LogP contribution in [-0.4, -0.2) is 155 Å². The van der Waals surface area contributed by atoms with Crippen molar-refractivity contribution in [2.24, 2.45) is 33.0 Å². The highest BCUT2D eigenvalue weighted by Gasteiger charge is 2.30. The SMILES string of the molecule is COc1cc(OC)cc(N(CC#CC2CCC(C(=O)OC(C)(C)C)CC2)c2ccc3ncc(-c4cnn(C)c4)nc3c2)c1.COc1cc(OC)cc(N(CC#Cc2cc(C)ccn2)c2ccc3ncc(-c4cnn(C)c4)nc3c2)c1.COc1cc(OC)cc(N(CC#Cc2nccnc2OC)c2ccc3ncc(-c4cnn(C)c4)nc3c2)c1. The molecular formula is C91H90N18O9. The maximum Gasteiger partial charge on any atom is 0.309 e. The molecule has 1 saturated carbocycles. The van der Waals surface area contributed by atoms with Gasteiger partial charge in [0.1, 0.15) is 45.8 Å². The van der Waals surface area contributed by atoms with E-state index in [2.05, 4.69) is 90.5 Å². The van der Waals surface area contributed by atoms with Crippen LogP contribution < -0.4 is 47.9 Å². The van der Waals surface area contributed by atoms with Gasteiger partial charge in [0.05, 0.1) is 163 Å². The summed E-state index contributed by atoms with van der Waals surface area (Å²) >= 11 is 0. The Balaban J connectivity index is 0.000000154. The first kappa shape index (κ1) is 81.4. The van der Waals surface area contributed by atoms with Crippen LogP contribution in [0.4, 0.5) is 34.1 Å². The number of ether oxygens (including phenoxy) is 8. The second kappa shape index (κ2) is 37.5. The summed E-state index contributed by atoms with van der Waals surface area (Å²) < 4.78 is 49.3. The summed E-state index contributed by atoms with van der Waals surface area (Å²) in [6, 6.07) is 39.1. The van der Waals surface area contributed by atoms with Crippen molar-refractivity contribution >= 4 is 73.2 Å². The van der Waals surface area contributed by atoms with Crippen LogP contribution >= 0.6 is 0 Å². The third kappa shape index (κ3) is 20.6. The van der Waals surface area contributed by atoms with Gasteiger partial charge in [-0.1, -0.05) is 23.7 Å². The normalized spacial score (nSPS) is 12.8. The lowest BCUT2D eigenvalue weighted by Crippen LogP contribution is -2.30. The molecule has 8 aromatic heterocycles. The van der Waals surface area contributed by atoms with Gasteiger partial charge in [0, 0.05) is 170 Å². The van der Waals surface area contributed by atoms with E-state index in [1.807, 2.05) is 194 Å². The fourth-order valence-corrected chi connectivity index (χ4v) is 13.1. The molecule has 8 heterocycles. The number of pyridine rings is 1. The van der Waals surface area contributed by atoms with Gasteiger partial charge < -0.3 is 52.6 Å². The lowest BCUT2D eigenvalue weighted by atomic mass is 9.82. The molecule has 0 bridgehead atoms. The summed E-state index contributed by atoms with van der Waals surface area (Å²) in [5, 5.41) is 12.8. The van der Waals surface area contributed by atoms with E-state index in [0.29, 0.717) is 65.7 Å². The Morgan fingerprint density at radius 2 is 0.805 bits per heavy atom. The summed E-state index contributed by atoms with van der Waals surface area (Å²) in [6.07, 6.45) is 24.7. The number of benzene rings is 6. The van der Waals surface area contributed by atoms with Crippen LogP contribution in [0.1, 0.15) is 63.4 Å². The topological polar surface area (TPSA) is 270 Å². The van der Waals surface area contributed by atoms with E-state index in [9.17, 15) is 4.79 Å². The zero-order valence-electron chi connectivity index (χ0n) is 68.3. The number of anilines is 6. The molecule has 0 radical (unpaired) electrons. The molecule has 0 N–H and O–H groups in total. The molecule has 0 saturated heterocycles. The first-order chi connectivity index (χ1) is 57.2. The number of aryl methyl sites for hydroxylation is 4. The Bertz CT molecular complexity index is 6050. The molecule has 15 rings (SSSR count). The second-order valence-corrected chi connectivity index (χ2v) is 28.6. The number of esters is 1. The van der Waals surface area contributed by atoms with Crippen LogP contribution in [0.15, 0.2) is 196 Å². The average Bonchev–Trinajstić information content (AvgIpc) is 0.804. The van der Waals surface area contributed by atoms with Gasteiger partial charge >= 0.3 is 5.97 Å². The number of nitrogens with zero attached hydrogens (tertiary/aromatic N) is 18. The Hall–Kier alpha value is -14.7. The van der Waals surface area contributed by atoms with Crippen LogP contribution in [0.5, 0.6) is 40.4 Å². The molecule has 598 valence electrons. The molecule has 0 atom stereocenters. The van der Waals surface area contributed by atoms with Crippen molar-refractivity contribution in [3.8, 4) is 110 Å². The Labute approximate surface area is 685 Å². The fraction of sp³-hybridized carbons (Fsp3) is 0.264. The first-order valence-electron chi connectivity index (χ1n) is 38.0. The van der Waals surface area contributed by atoms with E-state index in [-0.39, 0.29) is 17.8 Å². The van der Waals surface area contributed by atoms with Crippen LogP contribution in [-0.2, 0) is 30.7 Å². The monoisotopic (exact) mass is 1580 g/mol.